The van der Waals surface area contributed by atoms with Crippen LogP contribution in [0.5, 0.6) is 0 Å². The molecule has 0 aromatic carbocycles. The monoisotopic (exact) mass is 226 g/mol. The number of pyridine rings is 1. The SMILES string of the molecule is CCN(CCCO)C(=O)c1cncc(F)c1. The van der Waals surface area contributed by atoms with Crippen LogP contribution in [0.4, 0.5) is 4.39 Å². The van der Waals surface area contributed by atoms with Gasteiger partial charge in [0, 0.05) is 25.9 Å². The predicted molar refractivity (Wildman–Crippen MR) is 57.5 cm³/mol. The van der Waals surface area contributed by atoms with Gasteiger partial charge >= 0.3 is 0 Å². The second-order valence-electron chi connectivity index (χ2n) is 3.35. The van der Waals surface area contributed by atoms with Gasteiger partial charge < -0.3 is 10.0 Å². The first-order chi connectivity index (χ1) is 7.69. The maximum Gasteiger partial charge on any atom is 0.255 e. The van der Waals surface area contributed by atoms with Crippen LogP contribution in [0, 0.1) is 5.82 Å². The van der Waals surface area contributed by atoms with E-state index in [-0.39, 0.29) is 18.1 Å². The molecule has 0 aliphatic carbocycles. The zero-order chi connectivity index (χ0) is 12.0. The predicted octanol–water partition coefficient (Wildman–Crippen LogP) is 1.07. The minimum Gasteiger partial charge on any atom is -0.396 e. The topological polar surface area (TPSA) is 53.4 Å². The second kappa shape index (κ2) is 6.17. The summed E-state index contributed by atoms with van der Waals surface area (Å²) in [6, 6.07) is 1.16. The minimum atomic E-state index is -0.524. The van der Waals surface area contributed by atoms with Crippen LogP contribution in [0.15, 0.2) is 18.5 Å². The molecule has 0 saturated heterocycles. The maximum absolute atomic E-state index is 12.9. The number of nitrogens with zero attached hydrogens (tertiary/aromatic N) is 2. The third-order valence-electron chi connectivity index (χ3n) is 2.21. The highest BCUT2D eigenvalue weighted by Gasteiger charge is 2.14. The number of hydrogen-bond donors (Lipinski definition) is 1. The molecule has 0 atom stereocenters. The first kappa shape index (κ1) is 12.6. The molecular weight excluding hydrogens is 211 g/mol. The first-order valence-corrected chi connectivity index (χ1v) is 5.19. The number of aliphatic hydroxyl groups excluding tert-OH is 1. The lowest BCUT2D eigenvalue weighted by atomic mass is 10.2. The van der Waals surface area contributed by atoms with Gasteiger partial charge in [-0.3, -0.25) is 9.78 Å². The van der Waals surface area contributed by atoms with Crippen molar-refractivity contribution in [3.05, 3.63) is 29.8 Å². The van der Waals surface area contributed by atoms with E-state index in [9.17, 15) is 9.18 Å². The Labute approximate surface area is 93.7 Å². The van der Waals surface area contributed by atoms with E-state index in [1.54, 1.807) is 4.90 Å². The van der Waals surface area contributed by atoms with Crippen LogP contribution in [-0.2, 0) is 0 Å². The Hall–Kier alpha value is -1.49. The van der Waals surface area contributed by atoms with E-state index in [2.05, 4.69) is 4.98 Å². The summed E-state index contributed by atoms with van der Waals surface area (Å²) in [6.45, 7) is 2.85. The average Bonchev–Trinajstić information content (AvgIpc) is 2.29. The second-order valence-corrected chi connectivity index (χ2v) is 3.35. The molecule has 1 amide bonds. The molecule has 0 aliphatic rings. The number of amides is 1. The van der Waals surface area contributed by atoms with Crippen molar-refractivity contribution in [1.82, 2.24) is 9.88 Å². The number of aliphatic hydroxyl groups is 1. The summed E-state index contributed by atoms with van der Waals surface area (Å²) in [6.07, 6.45) is 2.91. The molecule has 0 aliphatic heterocycles. The maximum atomic E-state index is 12.9. The lowest BCUT2D eigenvalue weighted by molar-refractivity contribution is 0.0753. The van der Waals surface area contributed by atoms with Crippen LogP contribution in [0.1, 0.15) is 23.7 Å². The zero-order valence-corrected chi connectivity index (χ0v) is 9.19. The van der Waals surface area contributed by atoms with Crippen molar-refractivity contribution in [2.24, 2.45) is 0 Å². The van der Waals surface area contributed by atoms with Gasteiger partial charge in [0.2, 0.25) is 0 Å². The van der Waals surface area contributed by atoms with Gasteiger partial charge in [-0.15, -0.1) is 0 Å². The molecule has 1 aromatic rings. The normalized spacial score (nSPS) is 10.2. The molecule has 0 spiro atoms. The summed E-state index contributed by atoms with van der Waals surface area (Å²) < 4.78 is 12.9. The smallest absolute Gasteiger partial charge is 0.255 e. The van der Waals surface area contributed by atoms with Crippen molar-refractivity contribution in [3.63, 3.8) is 0 Å². The highest BCUT2D eigenvalue weighted by atomic mass is 19.1. The molecule has 1 heterocycles. The molecule has 1 rings (SSSR count). The van der Waals surface area contributed by atoms with Gasteiger partial charge in [-0.2, -0.15) is 0 Å². The highest BCUT2D eigenvalue weighted by Crippen LogP contribution is 2.06. The van der Waals surface area contributed by atoms with Gasteiger partial charge in [-0.1, -0.05) is 0 Å². The molecule has 4 nitrogen and oxygen atoms in total. The molecule has 0 bridgehead atoms. The quantitative estimate of drug-likeness (QED) is 0.817. The Bertz CT molecular complexity index is 358. The Morgan fingerprint density at radius 2 is 2.31 bits per heavy atom. The number of hydrogen-bond acceptors (Lipinski definition) is 3. The number of halogens is 1. The Kier molecular flexibility index (Phi) is 4.85. The molecule has 0 fully saturated rings. The fourth-order valence-electron chi connectivity index (χ4n) is 1.38. The summed E-state index contributed by atoms with van der Waals surface area (Å²) >= 11 is 0. The van der Waals surface area contributed by atoms with Crippen LogP contribution in [0.3, 0.4) is 0 Å². The van der Waals surface area contributed by atoms with Crippen molar-refractivity contribution in [1.29, 1.82) is 0 Å². The van der Waals surface area contributed by atoms with Crippen LogP contribution in [0.2, 0.25) is 0 Å². The number of rotatable bonds is 5. The summed E-state index contributed by atoms with van der Waals surface area (Å²) in [5.41, 5.74) is 0.236. The van der Waals surface area contributed by atoms with Crippen molar-refractivity contribution in [2.75, 3.05) is 19.7 Å². The number of carbonyl (C=O) groups excluding carboxylic acids is 1. The molecule has 16 heavy (non-hydrogen) atoms. The molecule has 1 N–H and O–H groups in total. The number of carbonyl (C=O) groups is 1. The average molecular weight is 226 g/mol. The summed E-state index contributed by atoms with van der Waals surface area (Å²) in [5, 5.41) is 8.70. The third-order valence-corrected chi connectivity index (χ3v) is 2.21. The van der Waals surface area contributed by atoms with Gasteiger partial charge in [0.15, 0.2) is 0 Å². The molecule has 1 aromatic heterocycles. The largest absolute Gasteiger partial charge is 0.396 e. The summed E-state index contributed by atoms with van der Waals surface area (Å²) in [7, 11) is 0. The molecule has 88 valence electrons. The summed E-state index contributed by atoms with van der Waals surface area (Å²) in [5.74, 6) is -0.785. The van der Waals surface area contributed by atoms with Crippen LogP contribution >= 0.6 is 0 Å². The Balaban J connectivity index is 2.74. The zero-order valence-electron chi connectivity index (χ0n) is 9.19. The fraction of sp³-hybridized carbons (Fsp3) is 0.455. The lowest BCUT2D eigenvalue weighted by Crippen LogP contribution is -2.32. The third kappa shape index (κ3) is 3.27. The van der Waals surface area contributed by atoms with Gasteiger partial charge in [-0.05, 0) is 19.4 Å². The van der Waals surface area contributed by atoms with Crippen LogP contribution in [-0.4, -0.2) is 40.6 Å². The van der Waals surface area contributed by atoms with Crippen LogP contribution in [0.25, 0.3) is 0 Å². The van der Waals surface area contributed by atoms with E-state index in [0.29, 0.717) is 19.5 Å². The Morgan fingerprint density at radius 3 is 2.88 bits per heavy atom. The van der Waals surface area contributed by atoms with Gasteiger partial charge in [0.25, 0.3) is 5.91 Å². The summed E-state index contributed by atoms with van der Waals surface area (Å²) in [4.78, 5) is 17.1. The fourth-order valence-corrected chi connectivity index (χ4v) is 1.38. The van der Waals surface area contributed by atoms with Gasteiger partial charge in [0.05, 0.1) is 11.8 Å². The van der Waals surface area contributed by atoms with Crippen molar-refractivity contribution in [3.8, 4) is 0 Å². The van der Waals surface area contributed by atoms with E-state index in [1.165, 1.54) is 6.20 Å². The number of aromatic nitrogens is 1. The van der Waals surface area contributed by atoms with E-state index in [0.717, 1.165) is 12.3 Å². The van der Waals surface area contributed by atoms with Crippen molar-refractivity contribution >= 4 is 5.91 Å². The Morgan fingerprint density at radius 1 is 1.56 bits per heavy atom. The van der Waals surface area contributed by atoms with Crippen molar-refractivity contribution in [2.45, 2.75) is 13.3 Å². The minimum absolute atomic E-state index is 0.0329. The highest BCUT2D eigenvalue weighted by molar-refractivity contribution is 5.93. The molecule has 0 radical (unpaired) electrons. The molecule has 0 saturated carbocycles. The van der Waals surface area contributed by atoms with E-state index in [1.807, 2.05) is 6.92 Å². The van der Waals surface area contributed by atoms with Crippen molar-refractivity contribution < 1.29 is 14.3 Å². The van der Waals surface area contributed by atoms with Crippen LogP contribution < -0.4 is 0 Å². The van der Waals surface area contributed by atoms with E-state index < -0.39 is 5.82 Å². The lowest BCUT2D eigenvalue weighted by Gasteiger charge is -2.20. The standard InChI is InChI=1S/C11H15FN2O2/c1-2-14(4-3-5-15)11(16)9-6-10(12)8-13-7-9/h6-8,15H,2-5H2,1H3. The molecular formula is C11H15FN2O2. The van der Waals surface area contributed by atoms with Gasteiger partial charge in [-0.25, -0.2) is 4.39 Å². The van der Waals surface area contributed by atoms with Gasteiger partial charge in [0.1, 0.15) is 5.82 Å². The van der Waals surface area contributed by atoms with E-state index >= 15 is 0 Å². The van der Waals surface area contributed by atoms with E-state index in [4.69, 9.17) is 5.11 Å². The molecule has 5 heteroatoms. The molecule has 0 unspecified atom stereocenters. The first-order valence-electron chi connectivity index (χ1n) is 5.19.